The molecule has 0 radical (unpaired) electrons. The minimum atomic E-state index is -0.413. The Hall–Kier alpha value is -0.810. The van der Waals surface area contributed by atoms with Crippen LogP contribution >= 0.6 is 0 Å². The van der Waals surface area contributed by atoms with Gasteiger partial charge in [0.15, 0.2) is 0 Å². The fraction of sp³-hybridized carbons (Fsp3) is 0.944. The first-order valence-electron chi connectivity index (χ1n) is 9.35. The largest absolute Gasteiger partial charge is 0.444 e. The Morgan fingerprint density at radius 2 is 1.70 bits per heavy atom. The Morgan fingerprint density at radius 1 is 1.04 bits per heavy atom. The first-order valence-corrected chi connectivity index (χ1v) is 9.35. The van der Waals surface area contributed by atoms with E-state index in [1.807, 2.05) is 25.7 Å². The number of carbonyl (C=O) groups excluding carboxylic acids is 1. The standard InChI is InChI=1S/C18H33N3O2/c1-18(2,3)23-17(22)21-15-7-8-16(21)11-14(10-15)20-13-6-4-5-12(19)9-13/h12-16,20H,4-11,19H2,1-3H3. The van der Waals surface area contributed by atoms with Crippen molar-refractivity contribution in [3.8, 4) is 0 Å². The summed E-state index contributed by atoms with van der Waals surface area (Å²) in [5.41, 5.74) is 5.70. The van der Waals surface area contributed by atoms with E-state index in [1.54, 1.807) is 0 Å². The van der Waals surface area contributed by atoms with E-state index in [-0.39, 0.29) is 6.09 Å². The molecule has 0 spiro atoms. The van der Waals surface area contributed by atoms with Crippen molar-refractivity contribution in [3.63, 3.8) is 0 Å². The van der Waals surface area contributed by atoms with E-state index in [9.17, 15) is 4.79 Å². The maximum Gasteiger partial charge on any atom is 0.410 e. The third kappa shape index (κ3) is 4.18. The lowest BCUT2D eigenvalue weighted by Gasteiger charge is -2.41. The first-order chi connectivity index (χ1) is 10.8. The molecular weight excluding hydrogens is 290 g/mol. The summed E-state index contributed by atoms with van der Waals surface area (Å²) in [7, 11) is 0. The van der Waals surface area contributed by atoms with Crippen molar-refractivity contribution in [1.82, 2.24) is 10.2 Å². The van der Waals surface area contributed by atoms with Gasteiger partial charge in [0.25, 0.3) is 0 Å². The van der Waals surface area contributed by atoms with Crippen LogP contribution in [0.2, 0.25) is 0 Å². The fourth-order valence-corrected chi connectivity index (χ4v) is 4.64. The molecule has 5 heteroatoms. The molecule has 132 valence electrons. The molecule has 2 aliphatic heterocycles. The van der Waals surface area contributed by atoms with Gasteiger partial charge in [0.05, 0.1) is 0 Å². The molecule has 1 amide bonds. The van der Waals surface area contributed by atoms with Gasteiger partial charge in [-0.2, -0.15) is 0 Å². The molecule has 3 aliphatic rings. The Balaban J connectivity index is 1.55. The van der Waals surface area contributed by atoms with Crippen LogP contribution in [0.1, 0.15) is 72.1 Å². The number of piperidine rings is 1. The van der Waals surface area contributed by atoms with Crippen molar-refractivity contribution in [2.45, 2.75) is 108 Å². The van der Waals surface area contributed by atoms with Crippen molar-refractivity contribution < 1.29 is 9.53 Å². The molecule has 2 heterocycles. The summed E-state index contributed by atoms with van der Waals surface area (Å²) in [6.45, 7) is 5.81. The third-order valence-corrected chi connectivity index (χ3v) is 5.52. The molecule has 5 nitrogen and oxygen atoms in total. The summed E-state index contributed by atoms with van der Waals surface area (Å²) in [5, 5.41) is 3.84. The smallest absolute Gasteiger partial charge is 0.410 e. The summed E-state index contributed by atoms with van der Waals surface area (Å²) >= 11 is 0. The summed E-state index contributed by atoms with van der Waals surface area (Å²) in [6, 6.07) is 2.15. The Bertz CT molecular complexity index is 420. The quantitative estimate of drug-likeness (QED) is 0.820. The number of nitrogens with zero attached hydrogens (tertiary/aromatic N) is 1. The van der Waals surface area contributed by atoms with Crippen LogP contribution in [0.5, 0.6) is 0 Å². The normalized spacial score (nSPS) is 37.7. The number of rotatable bonds is 2. The molecule has 2 saturated heterocycles. The van der Waals surface area contributed by atoms with Crippen LogP contribution < -0.4 is 11.1 Å². The summed E-state index contributed by atoms with van der Waals surface area (Å²) in [4.78, 5) is 14.5. The van der Waals surface area contributed by atoms with Crippen molar-refractivity contribution >= 4 is 6.09 Å². The number of hydrogen-bond acceptors (Lipinski definition) is 4. The zero-order valence-electron chi connectivity index (χ0n) is 14.9. The number of hydrogen-bond donors (Lipinski definition) is 2. The predicted molar refractivity (Wildman–Crippen MR) is 91.3 cm³/mol. The summed E-state index contributed by atoms with van der Waals surface area (Å²) in [6.07, 6.45) is 8.98. The van der Waals surface area contributed by atoms with Gasteiger partial charge in [-0.1, -0.05) is 6.42 Å². The van der Waals surface area contributed by atoms with Crippen LogP contribution in [0.15, 0.2) is 0 Å². The molecule has 0 aromatic heterocycles. The second kappa shape index (κ2) is 6.60. The van der Waals surface area contributed by atoms with Gasteiger partial charge in [0.2, 0.25) is 0 Å². The maximum atomic E-state index is 12.5. The monoisotopic (exact) mass is 323 g/mol. The van der Waals surface area contributed by atoms with Crippen molar-refractivity contribution in [2.75, 3.05) is 0 Å². The number of nitrogens with one attached hydrogen (secondary N) is 1. The molecular formula is C18H33N3O2. The Morgan fingerprint density at radius 3 is 2.26 bits per heavy atom. The summed E-state index contributed by atoms with van der Waals surface area (Å²) < 4.78 is 5.61. The van der Waals surface area contributed by atoms with E-state index in [0.29, 0.717) is 30.2 Å². The van der Waals surface area contributed by atoms with Gasteiger partial charge in [-0.25, -0.2) is 4.79 Å². The molecule has 3 N–H and O–H groups in total. The molecule has 3 rings (SSSR count). The van der Waals surface area contributed by atoms with Crippen LogP contribution in [-0.2, 0) is 4.74 Å². The van der Waals surface area contributed by atoms with Crippen molar-refractivity contribution in [2.24, 2.45) is 5.73 Å². The minimum absolute atomic E-state index is 0.122. The second-order valence-electron chi connectivity index (χ2n) is 8.73. The van der Waals surface area contributed by atoms with E-state index in [2.05, 4.69) is 5.32 Å². The average Bonchev–Trinajstić information content (AvgIpc) is 2.69. The molecule has 1 aliphatic carbocycles. The van der Waals surface area contributed by atoms with Crippen LogP contribution in [0.3, 0.4) is 0 Å². The van der Waals surface area contributed by atoms with Crippen molar-refractivity contribution in [1.29, 1.82) is 0 Å². The zero-order valence-corrected chi connectivity index (χ0v) is 14.9. The van der Waals surface area contributed by atoms with Crippen LogP contribution in [0, 0.1) is 0 Å². The predicted octanol–water partition coefficient (Wildman–Crippen LogP) is 2.78. The molecule has 2 bridgehead atoms. The third-order valence-electron chi connectivity index (χ3n) is 5.52. The highest BCUT2D eigenvalue weighted by atomic mass is 16.6. The van der Waals surface area contributed by atoms with Gasteiger partial charge in [0, 0.05) is 30.2 Å². The number of ether oxygens (including phenoxy) is 1. The van der Waals surface area contributed by atoms with E-state index < -0.39 is 5.60 Å². The molecule has 4 atom stereocenters. The average molecular weight is 323 g/mol. The highest BCUT2D eigenvalue weighted by molar-refractivity contribution is 5.69. The molecule has 0 aromatic carbocycles. The van der Waals surface area contributed by atoms with Gasteiger partial charge in [-0.15, -0.1) is 0 Å². The lowest BCUT2D eigenvalue weighted by molar-refractivity contribution is 0.00405. The topological polar surface area (TPSA) is 67.6 Å². The van der Waals surface area contributed by atoms with E-state index in [0.717, 1.165) is 32.1 Å². The molecule has 0 aromatic rings. The van der Waals surface area contributed by atoms with E-state index >= 15 is 0 Å². The molecule has 4 unspecified atom stereocenters. The van der Waals surface area contributed by atoms with Crippen molar-refractivity contribution in [3.05, 3.63) is 0 Å². The van der Waals surface area contributed by atoms with Crippen LogP contribution in [-0.4, -0.2) is 46.8 Å². The molecule has 3 fully saturated rings. The Labute approximate surface area is 140 Å². The highest BCUT2D eigenvalue weighted by Crippen LogP contribution is 2.37. The lowest BCUT2D eigenvalue weighted by atomic mass is 9.89. The van der Waals surface area contributed by atoms with Crippen LogP contribution in [0.4, 0.5) is 4.79 Å². The second-order valence-corrected chi connectivity index (χ2v) is 8.73. The minimum Gasteiger partial charge on any atom is -0.444 e. The number of carbonyl (C=O) groups is 1. The number of fused-ring (bicyclic) bond motifs is 2. The lowest BCUT2D eigenvalue weighted by Crippen LogP contribution is -2.54. The number of amides is 1. The zero-order chi connectivity index (χ0) is 16.6. The fourth-order valence-electron chi connectivity index (χ4n) is 4.64. The van der Waals surface area contributed by atoms with E-state index in [1.165, 1.54) is 19.3 Å². The maximum absolute atomic E-state index is 12.5. The SMILES string of the molecule is CC(C)(C)OC(=O)N1C2CCC1CC(NC1CCCC(N)C1)C2. The van der Waals surface area contributed by atoms with Gasteiger partial charge in [-0.3, -0.25) is 0 Å². The molecule has 23 heavy (non-hydrogen) atoms. The number of nitrogens with two attached hydrogens (primary N) is 1. The van der Waals surface area contributed by atoms with Gasteiger partial charge >= 0.3 is 6.09 Å². The first kappa shape index (κ1) is 17.0. The molecule has 1 saturated carbocycles. The van der Waals surface area contributed by atoms with Gasteiger partial charge < -0.3 is 20.7 Å². The van der Waals surface area contributed by atoms with Gasteiger partial charge in [0.1, 0.15) is 5.60 Å². The summed E-state index contributed by atoms with van der Waals surface area (Å²) in [5.74, 6) is 0. The van der Waals surface area contributed by atoms with Gasteiger partial charge in [-0.05, 0) is 65.7 Å². The Kier molecular flexibility index (Phi) is 4.88. The van der Waals surface area contributed by atoms with E-state index in [4.69, 9.17) is 10.5 Å². The van der Waals surface area contributed by atoms with Crippen LogP contribution in [0.25, 0.3) is 0 Å². The highest BCUT2D eigenvalue weighted by Gasteiger charge is 2.45.